The van der Waals surface area contributed by atoms with Crippen molar-refractivity contribution in [2.75, 3.05) is 5.32 Å². The number of anilines is 2. The molecule has 6 nitrogen and oxygen atoms in total. The van der Waals surface area contributed by atoms with Crippen molar-refractivity contribution < 1.29 is 4.74 Å². The van der Waals surface area contributed by atoms with E-state index in [1.165, 1.54) is 11.3 Å². The van der Waals surface area contributed by atoms with E-state index in [1.807, 2.05) is 48.5 Å². The van der Waals surface area contributed by atoms with Crippen LogP contribution >= 0.6 is 11.3 Å². The Bertz CT molecular complexity index is 1110. The summed E-state index contributed by atoms with van der Waals surface area (Å²) in [6.07, 6.45) is 3.45. The molecule has 0 saturated heterocycles. The fourth-order valence-electron chi connectivity index (χ4n) is 2.83. The van der Waals surface area contributed by atoms with Gasteiger partial charge < -0.3 is 10.1 Å². The smallest absolute Gasteiger partial charge is 0.243 e. The fourth-order valence-corrected chi connectivity index (χ4v) is 3.56. The van der Waals surface area contributed by atoms with Crippen LogP contribution in [0.1, 0.15) is 26.3 Å². The minimum atomic E-state index is -0.0459. The van der Waals surface area contributed by atoms with E-state index >= 15 is 0 Å². The largest absolute Gasteiger partial charge is 0.437 e. The van der Waals surface area contributed by atoms with Crippen molar-refractivity contribution in [3.63, 3.8) is 0 Å². The molecule has 1 aromatic carbocycles. The van der Waals surface area contributed by atoms with Crippen LogP contribution < -0.4 is 10.1 Å². The Morgan fingerprint density at radius 1 is 0.862 bits per heavy atom. The molecule has 4 rings (SSSR count). The minimum Gasteiger partial charge on any atom is -0.437 e. The molecule has 4 aromatic rings. The third kappa shape index (κ3) is 4.41. The van der Waals surface area contributed by atoms with E-state index in [4.69, 9.17) is 4.74 Å². The van der Waals surface area contributed by atoms with Crippen molar-refractivity contribution in [3.05, 3.63) is 72.6 Å². The predicted molar refractivity (Wildman–Crippen MR) is 116 cm³/mol. The predicted octanol–water partition coefficient (Wildman–Crippen LogP) is 5.83. The van der Waals surface area contributed by atoms with Crippen molar-refractivity contribution in [1.82, 2.24) is 20.2 Å². The van der Waals surface area contributed by atoms with Crippen molar-refractivity contribution in [1.29, 1.82) is 0 Å². The molecule has 29 heavy (non-hydrogen) atoms. The van der Waals surface area contributed by atoms with Crippen LogP contribution in [0.2, 0.25) is 0 Å². The third-order valence-electron chi connectivity index (χ3n) is 4.22. The molecule has 3 aromatic heterocycles. The van der Waals surface area contributed by atoms with Gasteiger partial charge in [0.2, 0.25) is 11.0 Å². The van der Waals surface area contributed by atoms with Gasteiger partial charge in [0.15, 0.2) is 5.01 Å². The average Bonchev–Trinajstić information content (AvgIpc) is 3.18. The highest BCUT2D eigenvalue weighted by atomic mass is 32.1. The first-order valence-corrected chi connectivity index (χ1v) is 10.1. The molecule has 0 spiro atoms. The average molecular weight is 404 g/mol. The van der Waals surface area contributed by atoms with E-state index in [9.17, 15) is 0 Å². The number of para-hydroxylation sites is 1. The van der Waals surface area contributed by atoms with Crippen LogP contribution in [-0.2, 0) is 5.41 Å². The number of pyridine rings is 2. The molecule has 0 aliphatic rings. The number of nitrogens with one attached hydrogen (secondary N) is 1. The van der Waals surface area contributed by atoms with Gasteiger partial charge in [0, 0.05) is 18.0 Å². The summed E-state index contributed by atoms with van der Waals surface area (Å²) < 4.78 is 6.20. The van der Waals surface area contributed by atoms with Crippen LogP contribution in [0, 0.1) is 0 Å². The minimum absolute atomic E-state index is 0.0459. The summed E-state index contributed by atoms with van der Waals surface area (Å²) >= 11 is 1.42. The Balaban J connectivity index is 1.60. The normalized spacial score (nSPS) is 11.3. The molecule has 146 valence electrons. The second-order valence-electron chi connectivity index (χ2n) is 7.46. The van der Waals surface area contributed by atoms with E-state index in [1.54, 1.807) is 12.4 Å². The van der Waals surface area contributed by atoms with E-state index in [2.05, 4.69) is 52.3 Å². The van der Waals surface area contributed by atoms with Gasteiger partial charge in [-0.3, -0.25) is 4.98 Å². The van der Waals surface area contributed by atoms with E-state index in [-0.39, 0.29) is 5.41 Å². The molecule has 0 atom stereocenters. The summed E-state index contributed by atoms with van der Waals surface area (Å²) in [7, 11) is 0. The molecule has 0 unspecified atom stereocenters. The van der Waals surface area contributed by atoms with Gasteiger partial charge in [-0.15, -0.1) is 10.2 Å². The summed E-state index contributed by atoms with van der Waals surface area (Å²) in [6, 6.07) is 17.5. The lowest BCUT2D eigenvalue weighted by Gasteiger charge is -2.22. The molecule has 0 bridgehead atoms. The Morgan fingerprint density at radius 2 is 1.66 bits per heavy atom. The highest BCUT2D eigenvalue weighted by Crippen LogP contribution is 2.36. The van der Waals surface area contributed by atoms with Crippen LogP contribution in [0.4, 0.5) is 10.8 Å². The molecule has 3 heterocycles. The number of ether oxygens (including phenoxy) is 1. The third-order valence-corrected chi connectivity index (χ3v) is 5.08. The van der Waals surface area contributed by atoms with Crippen LogP contribution in [0.5, 0.6) is 11.6 Å². The number of hydrogen-bond donors (Lipinski definition) is 1. The molecular formula is C22H21N5OS. The Morgan fingerprint density at radius 3 is 2.45 bits per heavy atom. The summed E-state index contributed by atoms with van der Waals surface area (Å²) in [5, 5.41) is 13.1. The zero-order valence-corrected chi connectivity index (χ0v) is 17.3. The molecule has 7 heteroatoms. The molecule has 0 aliphatic carbocycles. The molecular weight excluding hydrogens is 382 g/mol. The maximum Gasteiger partial charge on any atom is 0.243 e. The van der Waals surface area contributed by atoms with Crippen molar-refractivity contribution in [2.24, 2.45) is 0 Å². The second kappa shape index (κ2) is 7.97. The second-order valence-corrected chi connectivity index (χ2v) is 8.43. The Labute approximate surface area is 173 Å². The first-order valence-electron chi connectivity index (χ1n) is 9.25. The van der Waals surface area contributed by atoms with Gasteiger partial charge in [-0.25, -0.2) is 4.98 Å². The van der Waals surface area contributed by atoms with Gasteiger partial charge in [-0.1, -0.05) is 56.4 Å². The van der Waals surface area contributed by atoms with Gasteiger partial charge >= 0.3 is 0 Å². The molecule has 0 saturated carbocycles. The van der Waals surface area contributed by atoms with Crippen LogP contribution in [0.15, 0.2) is 67.0 Å². The number of benzene rings is 1. The number of rotatable bonds is 5. The van der Waals surface area contributed by atoms with Crippen molar-refractivity contribution in [3.8, 4) is 22.3 Å². The number of hydrogen-bond acceptors (Lipinski definition) is 7. The first-order chi connectivity index (χ1) is 14.0. The fraction of sp³-hybridized carbons (Fsp3) is 0.182. The standard InChI is InChI=1S/C22H21N5OS/c1-22(2,3)15-9-4-5-12-18(15)28-19-16(11-8-14-24-19)25-21-27-26-20(29-21)17-10-6-7-13-23-17/h4-14H,1-3H3,(H,25,27). The quantitative estimate of drug-likeness (QED) is 0.452. The van der Waals surface area contributed by atoms with E-state index < -0.39 is 0 Å². The maximum absolute atomic E-state index is 6.20. The SMILES string of the molecule is CC(C)(C)c1ccccc1Oc1ncccc1Nc1nnc(-c2ccccn2)s1. The van der Waals surface area contributed by atoms with Crippen molar-refractivity contribution >= 4 is 22.2 Å². The van der Waals surface area contributed by atoms with Crippen LogP contribution in [-0.4, -0.2) is 20.2 Å². The molecule has 0 fully saturated rings. The highest BCUT2D eigenvalue weighted by molar-refractivity contribution is 7.18. The van der Waals surface area contributed by atoms with E-state index in [0.29, 0.717) is 11.0 Å². The topological polar surface area (TPSA) is 72.8 Å². The van der Waals surface area contributed by atoms with Crippen molar-refractivity contribution in [2.45, 2.75) is 26.2 Å². The van der Waals surface area contributed by atoms with Gasteiger partial charge in [0.25, 0.3) is 0 Å². The first kappa shape index (κ1) is 19.0. The lowest BCUT2D eigenvalue weighted by atomic mass is 9.86. The Kier molecular flexibility index (Phi) is 5.22. The van der Waals surface area contributed by atoms with E-state index in [0.717, 1.165) is 27.7 Å². The molecule has 1 N–H and O–H groups in total. The lowest BCUT2D eigenvalue weighted by molar-refractivity contribution is 0.442. The summed E-state index contributed by atoms with van der Waals surface area (Å²) in [4.78, 5) is 8.74. The van der Waals surface area contributed by atoms with Crippen LogP contribution in [0.3, 0.4) is 0 Å². The molecule has 0 radical (unpaired) electrons. The summed E-state index contributed by atoms with van der Waals surface area (Å²) in [5.41, 5.74) is 2.58. The summed E-state index contributed by atoms with van der Waals surface area (Å²) in [6.45, 7) is 6.48. The van der Waals surface area contributed by atoms with Gasteiger partial charge in [0.1, 0.15) is 17.1 Å². The van der Waals surface area contributed by atoms with Gasteiger partial charge in [-0.2, -0.15) is 0 Å². The lowest BCUT2D eigenvalue weighted by Crippen LogP contribution is -2.12. The zero-order chi connectivity index (χ0) is 20.3. The van der Waals surface area contributed by atoms with Crippen LogP contribution in [0.25, 0.3) is 10.7 Å². The molecule has 0 aliphatic heterocycles. The Hall–Kier alpha value is -3.32. The van der Waals surface area contributed by atoms with Gasteiger partial charge in [-0.05, 0) is 35.7 Å². The highest BCUT2D eigenvalue weighted by Gasteiger charge is 2.20. The zero-order valence-electron chi connectivity index (χ0n) is 16.5. The van der Waals surface area contributed by atoms with Gasteiger partial charge in [0.05, 0.1) is 0 Å². The summed E-state index contributed by atoms with van der Waals surface area (Å²) in [5.74, 6) is 1.27. The monoisotopic (exact) mass is 403 g/mol. The maximum atomic E-state index is 6.20. The number of aromatic nitrogens is 4. The molecule has 0 amide bonds. The number of nitrogens with zero attached hydrogens (tertiary/aromatic N) is 4.